The van der Waals surface area contributed by atoms with Crippen molar-refractivity contribution >= 4 is 78.2 Å². The number of aliphatic imine (C=N–C) groups is 1. The maximum Gasteiger partial charge on any atom is 0.0895 e. The lowest BCUT2D eigenvalue weighted by Gasteiger charge is -2.24. The first-order chi connectivity index (χ1) is 11.2. The van der Waals surface area contributed by atoms with E-state index < -0.39 is 0 Å². The minimum Gasteiger partial charge on any atom is -0.253 e. The zero-order valence-corrected chi connectivity index (χ0v) is 16.2. The van der Waals surface area contributed by atoms with Crippen LogP contribution in [-0.2, 0) is 0 Å². The number of hydrogen-bond donors (Lipinski definition) is 0. The summed E-state index contributed by atoms with van der Waals surface area (Å²) in [7, 11) is 0. The van der Waals surface area contributed by atoms with E-state index in [0.717, 1.165) is 17.1 Å². The van der Waals surface area contributed by atoms with E-state index in [0.29, 0.717) is 10.1 Å². The van der Waals surface area contributed by atoms with Crippen LogP contribution in [0.15, 0.2) is 44.8 Å². The lowest BCUT2D eigenvalue weighted by Crippen LogP contribution is -2.17. The fourth-order valence-corrected chi connectivity index (χ4v) is 7.59. The molecule has 1 nitrogen and oxygen atoms in total. The van der Waals surface area contributed by atoms with E-state index in [4.69, 9.17) is 16.6 Å². The number of halogens is 2. The molecule has 0 radical (unpaired) electrons. The summed E-state index contributed by atoms with van der Waals surface area (Å²) < 4.78 is 1.31. The molecule has 5 heteroatoms. The fraction of sp³-hybridized carbons (Fsp3) is 0.278. The Morgan fingerprint density at radius 3 is 3.04 bits per heavy atom. The minimum atomic E-state index is 0.566. The molecule has 3 heterocycles. The van der Waals surface area contributed by atoms with Crippen molar-refractivity contribution in [3.63, 3.8) is 0 Å². The topological polar surface area (TPSA) is 12.4 Å². The van der Waals surface area contributed by atoms with Crippen LogP contribution in [0.4, 0.5) is 5.69 Å². The molecule has 5 rings (SSSR count). The lowest BCUT2D eigenvalue weighted by atomic mass is 9.89. The number of thiophene rings is 1. The van der Waals surface area contributed by atoms with Gasteiger partial charge in [0.15, 0.2) is 0 Å². The third-order valence-electron chi connectivity index (χ3n) is 4.71. The zero-order chi connectivity index (χ0) is 15.6. The molecule has 2 aromatic rings. The summed E-state index contributed by atoms with van der Waals surface area (Å²) in [6.07, 6.45) is 5.40. The second-order valence-corrected chi connectivity index (χ2v) is 10.1. The van der Waals surface area contributed by atoms with Gasteiger partial charge in [-0.1, -0.05) is 45.7 Å². The van der Waals surface area contributed by atoms with Crippen molar-refractivity contribution in [2.75, 3.05) is 0 Å². The van der Waals surface area contributed by atoms with Gasteiger partial charge in [-0.3, -0.25) is 4.99 Å². The van der Waals surface area contributed by atoms with Gasteiger partial charge in [0.25, 0.3) is 0 Å². The van der Waals surface area contributed by atoms with Crippen molar-refractivity contribution in [2.24, 2.45) is 4.99 Å². The first-order valence-electron chi connectivity index (χ1n) is 7.72. The average Bonchev–Trinajstić information content (AvgIpc) is 3.06. The zero-order valence-electron chi connectivity index (χ0n) is 12.2. The normalized spacial score (nSPS) is 26.3. The molecule has 1 fully saturated rings. The smallest absolute Gasteiger partial charge is 0.0895 e. The van der Waals surface area contributed by atoms with Gasteiger partial charge in [0.2, 0.25) is 0 Å². The fourth-order valence-electron chi connectivity index (χ4n) is 3.65. The second-order valence-electron chi connectivity index (χ2n) is 6.09. The van der Waals surface area contributed by atoms with E-state index in [1.807, 2.05) is 29.3 Å². The van der Waals surface area contributed by atoms with Gasteiger partial charge in [0, 0.05) is 36.9 Å². The van der Waals surface area contributed by atoms with Crippen molar-refractivity contribution in [2.45, 2.75) is 29.3 Å². The van der Waals surface area contributed by atoms with Crippen LogP contribution in [0.5, 0.6) is 0 Å². The van der Waals surface area contributed by atoms with Gasteiger partial charge in [0.05, 0.1) is 15.6 Å². The molecule has 2 aliphatic heterocycles. The van der Waals surface area contributed by atoms with Gasteiger partial charge in [0.1, 0.15) is 0 Å². The predicted octanol–water partition coefficient (Wildman–Crippen LogP) is 6.88. The summed E-state index contributed by atoms with van der Waals surface area (Å²) in [4.78, 5) is 7.91. The Hall–Kier alpha value is -0.550. The van der Waals surface area contributed by atoms with Crippen LogP contribution in [0, 0.1) is 0 Å². The van der Waals surface area contributed by atoms with Crippen LogP contribution in [-0.4, -0.2) is 16.3 Å². The molecule has 0 amide bonds. The number of thioether (sulfide) groups is 1. The summed E-state index contributed by atoms with van der Waals surface area (Å²) in [5, 5.41) is 2.60. The average molecular weight is 423 g/mol. The van der Waals surface area contributed by atoms with E-state index in [2.05, 4.69) is 40.2 Å². The van der Waals surface area contributed by atoms with Crippen LogP contribution in [0.3, 0.4) is 0 Å². The van der Waals surface area contributed by atoms with Crippen molar-refractivity contribution in [3.05, 3.63) is 44.7 Å². The predicted molar refractivity (Wildman–Crippen MR) is 108 cm³/mol. The van der Waals surface area contributed by atoms with Crippen molar-refractivity contribution in [3.8, 4) is 0 Å². The molecule has 2 unspecified atom stereocenters. The molecule has 2 atom stereocenters. The molecule has 0 spiro atoms. The molecular weight excluding hydrogens is 410 g/mol. The first-order valence-corrected chi connectivity index (χ1v) is 10.7. The van der Waals surface area contributed by atoms with E-state index in [1.54, 1.807) is 5.57 Å². The molecule has 1 aromatic heterocycles. The Kier molecular flexibility index (Phi) is 3.52. The maximum atomic E-state index is 6.59. The largest absolute Gasteiger partial charge is 0.253 e. The number of nitrogens with zero attached hydrogens (tertiary/aromatic N) is 1. The number of benzene rings is 1. The highest BCUT2D eigenvalue weighted by Crippen LogP contribution is 2.58. The Morgan fingerprint density at radius 2 is 2.13 bits per heavy atom. The van der Waals surface area contributed by atoms with Gasteiger partial charge in [-0.05, 0) is 30.9 Å². The minimum absolute atomic E-state index is 0.566. The molecule has 3 aliphatic rings. The third kappa shape index (κ3) is 2.22. The van der Waals surface area contributed by atoms with Crippen LogP contribution >= 0.6 is 50.6 Å². The van der Waals surface area contributed by atoms with Crippen LogP contribution < -0.4 is 0 Å². The molecule has 1 aliphatic carbocycles. The molecule has 0 saturated heterocycles. The Labute approximate surface area is 156 Å². The molecule has 0 bridgehead atoms. The van der Waals surface area contributed by atoms with Crippen molar-refractivity contribution in [1.82, 2.24) is 0 Å². The highest BCUT2D eigenvalue weighted by Gasteiger charge is 2.38. The van der Waals surface area contributed by atoms with Gasteiger partial charge in [-0.25, -0.2) is 0 Å². The summed E-state index contributed by atoms with van der Waals surface area (Å²) in [6, 6.07) is 8.55. The molecule has 0 N–H and O–H groups in total. The summed E-state index contributed by atoms with van der Waals surface area (Å²) >= 11 is 14.2. The third-order valence-corrected chi connectivity index (χ3v) is 8.54. The molecule has 23 heavy (non-hydrogen) atoms. The van der Waals surface area contributed by atoms with Crippen molar-refractivity contribution in [1.29, 1.82) is 0 Å². The number of fused-ring (bicyclic) bond motifs is 6. The Morgan fingerprint density at radius 1 is 1.26 bits per heavy atom. The standard InChI is InChI=1S/C18H13BrClNS2/c19-9-5-6-10-14(7-9)23-17-12(20)8-21-16-11-3-1-2-4-13(11)22-18(16)15(10)17/h1-4,8-9,14H,5-7H2. The second kappa shape index (κ2) is 5.48. The Balaban J connectivity index is 1.80. The first kappa shape index (κ1) is 14.8. The lowest BCUT2D eigenvalue weighted by molar-refractivity contribution is 0.638. The van der Waals surface area contributed by atoms with Crippen LogP contribution in [0.1, 0.15) is 24.1 Å². The van der Waals surface area contributed by atoms with Gasteiger partial charge in [-0.15, -0.1) is 23.1 Å². The van der Waals surface area contributed by atoms with Gasteiger partial charge >= 0.3 is 0 Å². The SMILES string of the molecule is ClC1=C2SC3CC(Br)CCC3=C2c2sc3ccccc3c2N=C1. The number of alkyl halides is 1. The summed E-state index contributed by atoms with van der Waals surface area (Å²) in [6.45, 7) is 0. The number of allylic oxidation sites excluding steroid dienone is 2. The van der Waals surface area contributed by atoms with E-state index in [-0.39, 0.29) is 0 Å². The van der Waals surface area contributed by atoms with Crippen molar-refractivity contribution < 1.29 is 0 Å². The Bertz CT molecular complexity index is 924. The maximum absolute atomic E-state index is 6.59. The summed E-state index contributed by atoms with van der Waals surface area (Å²) in [5.74, 6) is 0. The highest BCUT2D eigenvalue weighted by atomic mass is 79.9. The number of rotatable bonds is 0. The molecule has 1 saturated carbocycles. The van der Waals surface area contributed by atoms with Crippen LogP contribution in [0.2, 0.25) is 0 Å². The van der Waals surface area contributed by atoms with E-state index in [1.165, 1.54) is 38.3 Å². The highest BCUT2D eigenvalue weighted by molar-refractivity contribution is 9.09. The van der Waals surface area contributed by atoms with E-state index >= 15 is 0 Å². The van der Waals surface area contributed by atoms with E-state index in [9.17, 15) is 0 Å². The molecular formula is C18H13BrClNS2. The van der Waals surface area contributed by atoms with Gasteiger partial charge < -0.3 is 0 Å². The molecule has 116 valence electrons. The van der Waals surface area contributed by atoms with Gasteiger partial charge in [-0.2, -0.15) is 0 Å². The summed E-state index contributed by atoms with van der Waals surface area (Å²) in [5.41, 5.74) is 4.07. The van der Waals surface area contributed by atoms with Crippen LogP contribution in [0.25, 0.3) is 15.7 Å². The molecule has 1 aromatic carbocycles. The quantitative estimate of drug-likeness (QED) is 0.421. The number of hydrogen-bond acceptors (Lipinski definition) is 3. The monoisotopic (exact) mass is 421 g/mol.